The molecule has 27 heavy (non-hydrogen) atoms. The molecule has 2 heteroatoms. The molecule has 5 aromatic rings. The predicted octanol–water partition coefficient (Wildman–Crippen LogP) is 5.15. The van der Waals surface area contributed by atoms with Crippen molar-refractivity contribution in [2.45, 2.75) is 0 Å². The molecule has 0 bridgehead atoms. The van der Waals surface area contributed by atoms with Crippen molar-refractivity contribution in [3.63, 3.8) is 0 Å². The Hall–Kier alpha value is -3.02. The highest BCUT2D eigenvalue weighted by atomic mass is 31.1. The van der Waals surface area contributed by atoms with E-state index in [9.17, 15) is 0 Å². The molecule has 128 valence electrons. The summed E-state index contributed by atoms with van der Waals surface area (Å²) in [6, 6.07) is 38.9. The molecule has 0 saturated heterocycles. The van der Waals surface area contributed by atoms with Crippen LogP contribution in [0.2, 0.25) is 0 Å². The van der Waals surface area contributed by atoms with Gasteiger partial charge < -0.3 is 0 Å². The smallest absolute Gasteiger partial charge is 0.0710 e. The number of aromatic nitrogens is 1. The van der Waals surface area contributed by atoms with Gasteiger partial charge in [0.05, 0.1) is 11.0 Å². The highest BCUT2D eigenvalue weighted by Gasteiger charge is 2.16. The van der Waals surface area contributed by atoms with Crippen molar-refractivity contribution in [2.24, 2.45) is 0 Å². The zero-order valence-electron chi connectivity index (χ0n) is 14.8. The number of nitrogens with zero attached hydrogens (tertiary/aromatic N) is 1. The van der Waals surface area contributed by atoms with E-state index in [1.807, 2.05) is 6.07 Å². The average molecular weight is 363 g/mol. The van der Waals surface area contributed by atoms with Gasteiger partial charge in [0.2, 0.25) is 0 Å². The molecule has 1 nitrogen and oxygen atoms in total. The molecule has 0 N–H and O–H groups in total. The van der Waals surface area contributed by atoms with Crippen LogP contribution in [0.5, 0.6) is 0 Å². The van der Waals surface area contributed by atoms with E-state index < -0.39 is 7.92 Å². The second kappa shape index (κ2) is 6.95. The molecular formula is C25H18NP. The minimum Gasteiger partial charge on any atom is -0.248 e. The van der Waals surface area contributed by atoms with Crippen LogP contribution in [0.4, 0.5) is 0 Å². The molecule has 0 aliphatic carbocycles. The van der Waals surface area contributed by atoms with Gasteiger partial charge in [0.1, 0.15) is 0 Å². The molecule has 5 rings (SSSR count). The summed E-state index contributed by atoms with van der Waals surface area (Å²) in [6.07, 6.45) is 0. The Balaban J connectivity index is 1.71. The van der Waals surface area contributed by atoms with Crippen molar-refractivity contribution in [2.75, 3.05) is 0 Å². The first-order valence-corrected chi connectivity index (χ1v) is 10.4. The molecule has 0 amide bonds. The Labute approximate surface area is 160 Å². The second-order valence-electron chi connectivity index (χ2n) is 6.56. The highest BCUT2D eigenvalue weighted by Crippen LogP contribution is 2.33. The zero-order chi connectivity index (χ0) is 18.1. The van der Waals surface area contributed by atoms with Gasteiger partial charge in [-0.2, -0.15) is 0 Å². The molecule has 0 radical (unpaired) electrons. The Morgan fingerprint density at radius 2 is 1.04 bits per heavy atom. The number of hydrogen-bond donors (Lipinski definition) is 0. The number of para-hydroxylation sites is 1. The summed E-state index contributed by atoms with van der Waals surface area (Å²) in [4.78, 5) is 4.83. The standard InChI is InChI=1S/C25H18NP/c1-3-10-21(11-4-1)27(22-12-5-2-6-13-22)23-15-16-25-20(18-23)17-19-9-7-8-14-24(19)26-25/h1-18H. The first-order chi connectivity index (χ1) is 13.4. The molecule has 1 aromatic heterocycles. The molecule has 4 aromatic carbocycles. The van der Waals surface area contributed by atoms with Crippen molar-refractivity contribution in [3.05, 3.63) is 109 Å². The highest BCUT2D eigenvalue weighted by molar-refractivity contribution is 7.79. The molecule has 0 unspecified atom stereocenters. The third-order valence-electron chi connectivity index (χ3n) is 4.79. The van der Waals surface area contributed by atoms with Crippen molar-refractivity contribution >= 4 is 45.6 Å². The molecule has 0 saturated carbocycles. The summed E-state index contributed by atoms with van der Waals surface area (Å²) >= 11 is 0. The largest absolute Gasteiger partial charge is 0.248 e. The summed E-state index contributed by atoms with van der Waals surface area (Å²) in [5.41, 5.74) is 2.10. The van der Waals surface area contributed by atoms with E-state index in [1.165, 1.54) is 26.7 Å². The van der Waals surface area contributed by atoms with Crippen LogP contribution < -0.4 is 15.9 Å². The Morgan fingerprint density at radius 1 is 0.444 bits per heavy atom. The minimum absolute atomic E-state index is 0.590. The Kier molecular flexibility index (Phi) is 4.16. The molecule has 0 fully saturated rings. The zero-order valence-corrected chi connectivity index (χ0v) is 15.7. The molecule has 0 atom stereocenters. The average Bonchev–Trinajstić information content (AvgIpc) is 2.74. The van der Waals surface area contributed by atoms with Crippen LogP contribution in [-0.2, 0) is 0 Å². The Bertz CT molecular complexity index is 1180. The van der Waals surface area contributed by atoms with Gasteiger partial charge in [-0.25, -0.2) is 4.98 Å². The topological polar surface area (TPSA) is 12.9 Å². The van der Waals surface area contributed by atoms with E-state index in [0.29, 0.717) is 0 Å². The van der Waals surface area contributed by atoms with E-state index in [2.05, 4.69) is 103 Å². The van der Waals surface area contributed by atoms with Gasteiger partial charge in [0.15, 0.2) is 0 Å². The molecule has 0 aliphatic heterocycles. The van der Waals surface area contributed by atoms with Crippen LogP contribution in [0.1, 0.15) is 0 Å². The lowest BCUT2D eigenvalue weighted by atomic mass is 10.1. The lowest BCUT2D eigenvalue weighted by Gasteiger charge is -2.19. The van der Waals surface area contributed by atoms with Crippen molar-refractivity contribution in [1.82, 2.24) is 4.98 Å². The number of benzene rings is 4. The number of fused-ring (bicyclic) bond motifs is 2. The third kappa shape index (κ3) is 3.12. The van der Waals surface area contributed by atoms with Gasteiger partial charge in [-0.3, -0.25) is 0 Å². The quantitative estimate of drug-likeness (QED) is 0.319. The van der Waals surface area contributed by atoms with Crippen LogP contribution in [-0.4, -0.2) is 4.98 Å². The molecular weight excluding hydrogens is 345 g/mol. The van der Waals surface area contributed by atoms with Crippen LogP contribution in [0.15, 0.2) is 109 Å². The number of hydrogen-bond acceptors (Lipinski definition) is 1. The monoisotopic (exact) mass is 363 g/mol. The Morgan fingerprint density at radius 3 is 1.74 bits per heavy atom. The van der Waals surface area contributed by atoms with E-state index in [4.69, 9.17) is 4.98 Å². The molecule has 0 spiro atoms. The van der Waals surface area contributed by atoms with Crippen LogP contribution >= 0.6 is 7.92 Å². The van der Waals surface area contributed by atoms with Crippen LogP contribution in [0, 0.1) is 0 Å². The SMILES string of the molecule is c1ccc(P(c2ccccc2)c2ccc3nc4ccccc4cc3c2)cc1. The van der Waals surface area contributed by atoms with Gasteiger partial charge >= 0.3 is 0 Å². The minimum atomic E-state index is -0.590. The lowest BCUT2D eigenvalue weighted by Crippen LogP contribution is -2.20. The van der Waals surface area contributed by atoms with Crippen molar-refractivity contribution < 1.29 is 0 Å². The van der Waals surface area contributed by atoms with Gasteiger partial charge in [0.25, 0.3) is 0 Å². The molecule has 0 aliphatic rings. The number of rotatable bonds is 3. The fourth-order valence-corrected chi connectivity index (χ4v) is 5.84. The maximum atomic E-state index is 4.83. The van der Waals surface area contributed by atoms with E-state index in [-0.39, 0.29) is 0 Å². The third-order valence-corrected chi connectivity index (χ3v) is 7.21. The van der Waals surface area contributed by atoms with Gasteiger partial charge in [-0.15, -0.1) is 0 Å². The lowest BCUT2D eigenvalue weighted by molar-refractivity contribution is 1.50. The maximum absolute atomic E-state index is 4.83. The summed E-state index contributed by atoms with van der Waals surface area (Å²) in [7, 11) is -0.590. The van der Waals surface area contributed by atoms with Gasteiger partial charge in [0, 0.05) is 10.8 Å². The summed E-state index contributed by atoms with van der Waals surface area (Å²) in [5, 5.41) is 6.47. The maximum Gasteiger partial charge on any atom is 0.0710 e. The number of pyridine rings is 1. The fraction of sp³-hybridized carbons (Fsp3) is 0. The van der Waals surface area contributed by atoms with Gasteiger partial charge in [-0.05, 0) is 48.1 Å². The summed E-state index contributed by atoms with van der Waals surface area (Å²) < 4.78 is 0. The summed E-state index contributed by atoms with van der Waals surface area (Å²) in [6.45, 7) is 0. The van der Waals surface area contributed by atoms with E-state index in [1.54, 1.807) is 0 Å². The van der Waals surface area contributed by atoms with Crippen LogP contribution in [0.3, 0.4) is 0 Å². The summed E-state index contributed by atoms with van der Waals surface area (Å²) in [5.74, 6) is 0. The van der Waals surface area contributed by atoms with Crippen molar-refractivity contribution in [1.29, 1.82) is 0 Å². The first-order valence-electron chi connectivity index (χ1n) is 9.08. The molecule has 1 heterocycles. The van der Waals surface area contributed by atoms with E-state index in [0.717, 1.165) is 11.0 Å². The predicted molar refractivity (Wildman–Crippen MR) is 118 cm³/mol. The van der Waals surface area contributed by atoms with Crippen LogP contribution in [0.25, 0.3) is 21.8 Å². The second-order valence-corrected chi connectivity index (χ2v) is 8.78. The van der Waals surface area contributed by atoms with Crippen molar-refractivity contribution in [3.8, 4) is 0 Å². The van der Waals surface area contributed by atoms with E-state index >= 15 is 0 Å². The van der Waals surface area contributed by atoms with Gasteiger partial charge in [-0.1, -0.05) is 84.9 Å². The fourth-order valence-electron chi connectivity index (χ4n) is 3.51. The first kappa shape index (κ1) is 16.2. The normalized spacial score (nSPS) is 11.3.